The minimum atomic E-state index is -0.229. The fourth-order valence-corrected chi connectivity index (χ4v) is 1.56. The van der Waals surface area contributed by atoms with Crippen LogP contribution in [0.1, 0.15) is 36.5 Å². The first-order chi connectivity index (χ1) is 8.41. The number of aryl methyl sites for hydroxylation is 1. The van der Waals surface area contributed by atoms with Gasteiger partial charge in [0.2, 0.25) is 0 Å². The van der Waals surface area contributed by atoms with Gasteiger partial charge in [-0.3, -0.25) is 9.80 Å². The first kappa shape index (κ1) is 14.7. The van der Waals surface area contributed by atoms with E-state index < -0.39 is 0 Å². The largest absolute Gasteiger partial charge is 0.367 e. The molecular weight excluding hydrogens is 228 g/mol. The Balaban J connectivity index is 2.61. The molecule has 1 aromatic carbocycles. The van der Waals surface area contributed by atoms with Crippen LogP contribution in [0.3, 0.4) is 0 Å². The van der Waals surface area contributed by atoms with E-state index in [1.807, 2.05) is 6.92 Å². The SMILES string of the molecule is Cc1ccc(C(C)C)cc1COCC(=O)N(C)N. The van der Waals surface area contributed by atoms with E-state index >= 15 is 0 Å². The molecular formula is C14H22N2O2. The summed E-state index contributed by atoms with van der Waals surface area (Å²) >= 11 is 0. The van der Waals surface area contributed by atoms with Gasteiger partial charge in [-0.15, -0.1) is 0 Å². The molecule has 0 bridgehead atoms. The molecule has 0 fully saturated rings. The predicted molar refractivity (Wildman–Crippen MR) is 71.9 cm³/mol. The number of amides is 1. The van der Waals surface area contributed by atoms with Gasteiger partial charge in [0.15, 0.2) is 0 Å². The number of hydrogen-bond donors (Lipinski definition) is 1. The Bertz CT molecular complexity index is 414. The Morgan fingerprint density at radius 2 is 2.11 bits per heavy atom. The van der Waals surface area contributed by atoms with Crippen molar-refractivity contribution in [1.82, 2.24) is 5.01 Å². The Morgan fingerprint density at radius 1 is 1.44 bits per heavy atom. The van der Waals surface area contributed by atoms with Crippen molar-refractivity contribution in [3.05, 3.63) is 34.9 Å². The first-order valence-electron chi connectivity index (χ1n) is 6.10. The van der Waals surface area contributed by atoms with E-state index in [0.717, 1.165) is 10.6 Å². The number of nitrogens with zero attached hydrogens (tertiary/aromatic N) is 1. The van der Waals surface area contributed by atoms with Gasteiger partial charge in [0.25, 0.3) is 5.91 Å². The molecule has 100 valence electrons. The molecule has 1 aromatic rings. The van der Waals surface area contributed by atoms with Crippen molar-refractivity contribution in [2.24, 2.45) is 5.84 Å². The number of carbonyl (C=O) groups is 1. The zero-order chi connectivity index (χ0) is 13.7. The van der Waals surface area contributed by atoms with Crippen LogP contribution in [0, 0.1) is 6.92 Å². The molecule has 0 aliphatic carbocycles. The monoisotopic (exact) mass is 250 g/mol. The van der Waals surface area contributed by atoms with Gasteiger partial charge in [0, 0.05) is 7.05 Å². The zero-order valence-corrected chi connectivity index (χ0v) is 11.6. The zero-order valence-electron chi connectivity index (χ0n) is 11.6. The molecule has 0 radical (unpaired) electrons. The fourth-order valence-electron chi connectivity index (χ4n) is 1.56. The van der Waals surface area contributed by atoms with Crippen molar-refractivity contribution in [1.29, 1.82) is 0 Å². The van der Waals surface area contributed by atoms with Gasteiger partial charge in [-0.25, -0.2) is 5.84 Å². The molecule has 0 saturated heterocycles. The lowest BCUT2D eigenvalue weighted by Crippen LogP contribution is -2.35. The van der Waals surface area contributed by atoms with Crippen molar-refractivity contribution in [3.63, 3.8) is 0 Å². The molecule has 0 aromatic heterocycles. The van der Waals surface area contributed by atoms with Crippen molar-refractivity contribution in [2.75, 3.05) is 13.7 Å². The van der Waals surface area contributed by atoms with E-state index in [-0.39, 0.29) is 12.5 Å². The number of hydrazine groups is 1. The molecule has 0 saturated carbocycles. The topological polar surface area (TPSA) is 55.6 Å². The second-order valence-corrected chi connectivity index (χ2v) is 4.84. The fraction of sp³-hybridized carbons (Fsp3) is 0.500. The molecule has 18 heavy (non-hydrogen) atoms. The Hall–Kier alpha value is -1.39. The molecule has 1 amide bonds. The summed E-state index contributed by atoms with van der Waals surface area (Å²) in [6, 6.07) is 6.35. The van der Waals surface area contributed by atoms with Crippen molar-refractivity contribution >= 4 is 5.91 Å². The Morgan fingerprint density at radius 3 is 2.67 bits per heavy atom. The van der Waals surface area contributed by atoms with Crippen molar-refractivity contribution in [3.8, 4) is 0 Å². The van der Waals surface area contributed by atoms with E-state index in [4.69, 9.17) is 10.6 Å². The minimum absolute atomic E-state index is 0.0122. The lowest BCUT2D eigenvalue weighted by atomic mass is 9.98. The van der Waals surface area contributed by atoms with Gasteiger partial charge in [0.1, 0.15) is 6.61 Å². The van der Waals surface area contributed by atoms with Gasteiger partial charge in [-0.05, 0) is 29.5 Å². The molecule has 4 nitrogen and oxygen atoms in total. The minimum Gasteiger partial charge on any atom is -0.367 e. The summed E-state index contributed by atoms with van der Waals surface area (Å²) in [5.41, 5.74) is 3.57. The number of ether oxygens (including phenoxy) is 1. The van der Waals surface area contributed by atoms with Gasteiger partial charge in [-0.2, -0.15) is 0 Å². The van der Waals surface area contributed by atoms with Crippen LogP contribution >= 0.6 is 0 Å². The van der Waals surface area contributed by atoms with Crippen LogP contribution in [-0.2, 0) is 16.1 Å². The molecule has 1 rings (SSSR count). The molecule has 0 spiro atoms. The van der Waals surface area contributed by atoms with Gasteiger partial charge < -0.3 is 4.74 Å². The maximum Gasteiger partial charge on any atom is 0.262 e. The number of carbonyl (C=O) groups excluding carboxylic acids is 1. The van der Waals surface area contributed by atoms with Crippen LogP contribution in [0.15, 0.2) is 18.2 Å². The lowest BCUT2D eigenvalue weighted by molar-refractivity contribution is -0.135. The van der Waals surface area contributed by atoms with Gasteiger partial charge in [0.05, 0.1) is 6.61 Å². The number of nitrogens with two attached hydrogens (primary N) is 1. The third-order valence-corrected chi connectivity index (χ3v) is 2.92. The third-order valence-electron chi connectivity index (χ3n) is 2.92. The quantitative estimate of drug-likeness (QED) is 0.494. The van der Waals surface area contributed by atoms with Crippen LogP contribution in [-0.4, -0.2) is 24.6 Å². The second kappa shape index (κ2) is 6.52. The number of benzene rings is 1. The van der Waals surface area contributed by atoms with E-state index in [1.54, 1.807) is 0 Å². The highest BCUT2D eigenvalue weighted by Gasteiger charge is 2.07. The van der Waals surface area contributed by atoms with Gasteiger partial charge >= 0.3 is 0 Å². The number of rotatable bonds is 5. The standard InChI is InChI=1S/C14H22N2O2/c1-10(2)12-6-5-11(3)13(7-12)8-18-9-14(17)16(4)15/h5-7,10H,8-9,15H2,1-4H3. The second-order valence-electron chi connectivity index (χ2n) is 4.84. The van der Waals surface area contributed by atoms with Gasteiger partial charge in [-0.1, -0.05) is 32.0 Å². The average Bonchev–Trinajstić information content (AvgIpc) is 2.30. The van der Waals surface area contributed by atoms with E-state index in [0.29, 0.717) is 12.5 Å². The smallest absolute Gasteiger partial charge is 0.262 e. The van der Waals surface area contributed by atoms with E-state index in [9.17, 15) is 4.79 Å². The summed E-state index contributed by atoms with van der Waals surface area (Å²) < 4.78 is 5.39. The highest BCUT2D eigenvalue weighted by atomic mass is 16.5. The van der Waals surface area contributed by atoms with Crippen LogP contribution < -0.4 is 5.84 Å². The molecule has 0 unspecified atom stereocenters. The highest BCUT2D eigenvalue weighted by Crippen LogP contribution is 2.19. The maximum atomic E-state index is 11.3. The Kier molecular flexibility index (Phi) is 5.31. The average molecular weight is 250 g/mol. The molecule has 0 heterocycles. The van der Waals surface area contributed by atoms with Crippen LogP contribution in [0.5, 0.6) is 0 Å². The summed E-state index contributed by atoms with van der Waals surface area (Å²) in [4.78, 5) is 11.3. The maximum absolute atomic E-state index is 11.3. The summed E-state index contributed by atoms with van der Waals surface area (Å²) in [5.74, 6) is 5.57. The summed E-state index contributed by atoms with van der Waals surface area (Å²) in [6.45, 7) is 6.80. The molecule has 0 atom stereocenters. The first-order valence-corrected chi connectivity index (χ1v) is 6.10. The van der Waals surface area contributed by atoms with Crippen LogP contribution in [0.2, 0.25) is 0 Å². The highest BCUT2D eigenvalue weighted by molar-refractivity contribution is 5.76. The number of likely N-dealkylation sites (N-methyl/N-ethyl adjacent to an activating group) is 1. The van der Waals surface area contributed by atoms with E-state index in [1.165, 1.54) is 18.2 Å². The van der Waals surface area contributed by atoms with Crippen molar-refractivity contribution < 1.29 is 9.53 Å². The lowest BCUT2D eigenvalue weighted by Gasteiger charge is -2.13. The summed E-state index contributed by atoms with van der Waals surface area (Å²) in [6.07, 6.45) is 0. The van der Waals surface area contributed by atoms with Crippen LogP contribution in [0.4, 0.5) is 0 Å². The third kappa shape index (κ3) is 4.13. The molecule has 0 aliphatic rings. The molecule has 2 N–H and O–H groups in total. The van der Waals surface area contributed by atoms with Crippen LogP contribution in [0.25, 0.3) is 0 Å². The summed E-state index contributed by atoms with van der Waals surface area (Å²) in [5, 5.41) is 1.04. The molecule has 4 heteroatoms. The summed E-state index contributed by atoms with van der Waals surface area (Å²) in [7, 11) is 1.51. The van der Waals surface area contributed by atoms with E-state index in [2.05, 4.69) is 32.0 Å². The van der Waals surface area contributed by atoms with Crippen molar-refractivity contribution in [2.45, 2.75) is 33.3 Å². The molecule has 0 aliphatic heterocycles. The number of hydrogen-bond acceptors (Lipinski definition) is 3. The predicted octanol–water partition coefficient (Wildman–Crippen LogP) is 1.97. The normalized spacial score (nSPS) is 10.8. The Labute approximate surface area is 109 Å².